The Morgan fingerprint density at radius 1 is 1.09 bits per heavy atom. The maximum atomic E-state index is 11.8. The first-order chi connectivity index (χ1) is 10.5. The summed E-state index contributed by atoms with van der Waals surface area (Å²) < 4.78 is 21.7. The molecule has 22 heavy (non-hydrogen) atoms. The molecule has 0 aromatic rings. The number of esters is 1. The summed E-state index contributed by atoms with van der Waals surface area (Å²) in [6, 6.07) is 0.798. The van der Waals surface area contributed by atoms with E-state index in [0.29, 0.717) is 6.42 Å². The Balaban J connectivity index is 2.09. The van der Waals surface area contributed by atoms with Gasteiger partial charge in [-0.3, -0.25) is 4.79 Å². The molecule has 0 radical (unpaired) electrons. The van der Waals surface area contributed by atoms with Crippen molar-refractivity contribution in [3.05, 3.63) is 0 Å². The predicted molar refractivity (Wildman–Crippen MR) is 91.1 cm³/mol. The van der Waals surface area contributed by atoms with Crippen LogP contribution in [0.25, 0.3) is 0 Å². The molecule has 0 saturated heterocycles. The first-order valence-electron chi connectivity index (χ1n) is 7.94. The van der Waals surface area contributed by atoms with Gasteiger partial charge in [-0.15, -0.1) is 0 Å². The molecule has 1 saturated carbocycles. The van der Waals surface area contributed by atoms with Crippen molar-refractivity contribution in [1.82, 2.24) is 0 Å². The molecule has 0 amide bonds. The van der Waals surface area contributed by atoms with Gasteiger partial charge in [0.25, 0.3) is 0 Å². The van der Waals surface area contributed by atoms with Gasteiger partial charge in [-0.25, -0.2) is 0 Å². The molecule has 5 nitrogen and oxygen atoms in total. The van der Waals surface area contributed by atoms with Crippen molar-refractivity contribution in [2.24, 2.45) is 0 Å². The predicted octanol–water partition coefficient (Wildman–Crippen LogP) is 3.25. The molecule has 1 aliphatic rings. The maximum absolute atomic E-state index is 11.8. The second-order valence-corrected chi connectivity index (χ2v) is 10.2. The van der Waals surface area contributed by atoms with Gasteiger partial charge in [-0.2, -0.15) is 11.8 Å². The molecule has 130 valence electrons. The Bertz CT molecular complexity index is 322. The van der Waals surface area contributed by atoms with Crippen LogP contribution in [0.1, 0.15) is 45.4 Å². The molecule has 0 bridgehead atoms. The fourth-order valence-corrected chi connectivity index (χ4v) is 5.60. The Hall–Kier alpha value is -0.0831. The van der Waals surface area contributed by atoms with E-state index in [9.17, 15) is 4.79 Å². The second-order valence-electron chi connectivity index (χ2n) is 5.89. The zero-order chi connectivity index (χ0) is 16.5. The van der Waals surface area contributed by atoms with Gasteiger partial charge in [0, 0.05) is 33.1 Å². The summed E-state index contributed by atoms with van der Waals surface area (Å²) in [4.78, 5) is 11.8. The van der Waals surface area contributed by atoms with E-state index in [1.807, 2.05) is 0 Å². The number of rotatable bonds is 11. The molecule has 1 fully saturated rings. The van der Waals surface area contributed by atoms with Crippen LogP contribution in [0.3, 0.4) is 0 Å². The summed E-state index contributed by atoms with van der Waals surface area (Å²) in [7, 11) is 2.45. The van der Waals surface area contributed by atoms with Crippen LogP contribution in [0.5, 0.6) is 0 Å². The zero-order valence-corrected chi connectivity index (χ0v) is 16.1. The molecule has 1 aliphatic carbocycles. The number of ether oxygens (including phenoxy) is 1. The third kappa shape index (κ3) is 6.58. The summed E-state index contributed by atoms with van der Waals surface area (Å²) in [6.07, 6.45) is 5.79. The van der Waals surface area contributed by atoms with Crippen LogP contribution in [0.4, 0.5) is 0 Å². The van der Waals surface area contributed by atoms with E-state index in [1.165, 1.54) is 12.8 Å². The summed E-state index contributed by atoms with van der Waals surface area (Å²) in [5, 5.41) is 0. The lowest BCUT2D eigenvalue weighted by atomic mass is 10.1. The SMILES string of the molecule is CO[Si](CCCSCCC(=O)OC1(C)CCCC1)(OC)OC. The minimum Gasteiger partial charge on any atom is -0.459 e. The lowest BCUT2D eigenvalue weighted by Crippen LogP contribution is -2.42. The van der Waals surface area contributed by atoms with Crippen molar-refractivity contribution < 1.29 is 22.8 Å². The van der Waals surface area contributed by atoms with E-state index in [4.69, 9.17) is 18.0 Å². The van der Waals surface area contributed by atoms with Gasteiger partial charge < -0.3 is 18.0 Å². The van der Waals surface area contributed by atoms with Crippen molar-refractivity contribution >= 4 is 26.5 Å². The van der Waals surface area contributed by atoms with Crippen LogP contribution in [-0.2, 0) is 22.8 Å². The van der Waals surface area contributed by atoms with E-state index in [1.54, 1.807) is 33.1 Å². The lowest BCUT2D eigenvalue weighted by molar-refractivity contribution is -0.156. The van der Waals surface area contributed by atoms with Gasteiger partial charge in [0.1, 0.15) is 5.60 Å². The summed E-state index contributed by atoms with van der Waals surface area (Å²) in [5.41, 5.74) is -0.206. The maximum Gasteiger partial charge on any atom is 0.500 e. The van der Waals surface area contributed by atoms with Crippen molar-refractivity contribution in [2.75, 3.05) is 32.8 Å². The highest BCUT2D eigenvalue weighted by molar-refractivity contribution is 7.99. The Kier molecular flexibility index (Phi) is 9.00. The van der Waals surface area contributed by atoms with Gasteiger partial charge in [-0.1, -0.05) is 0 Å². The topological polar surface area (TPSA) is 54.0 Å². The van der Waals surface area contributed by atoms with E-state index < -0.39 is 8.80 Å². The summed E-state index contributed by atoms with van der Waals surface area (Å²) >= 11 is 1.77. The minimum absolute atomic E-state index is 0.0636. The molecule has 0 N–H and O–H groups in total. The fraction of sp³-hybridized carbons (Fsp3) is 0.933. The molecule has 1 rings (SSSR count). The standard InChI is InChI=1S/C15H30O5SSi/c1-15(9-5-6-10-15)20-14(16)8-12-21-11-7-13-22(17-2,18-3)19-4/h5-13H2,1-4H3. The van der Waals surface area contributed by atoms with E-state index in [2.05, 4.69) is 6.92 Å². The number of thioether (sulfide) groups is 1. The third-order valence-electron chi connectivity index (χ3n) is 4.18. The summed E-state index contributed by atoms with van der Waals surface area (Å²) in [6.45, 7) is 2.05. The van der Waals surface area contributed by atoms with Crippen LogP contribution in [0, 0.1) is 0 Å². The highest BCUT2D eigenvalue weighted by atomic mass is 32.2. The van der Waals surface area contributed by atoms with Crippen LogP contribution < -0.4 is 0 Å². The molecule has 7 heteroatoms. The van der Waals surface area contributed by atoms with Gasteiger partial charge >= 0.3 is 14.8 Å². The molecule has 0 aromatic carbocycles. The fourth-order valence-electron chi connectivity index (χ4n) is 2.76. The van der Waals surface area contributed by atoms with Crippen molar-refractivity contribution in [3.8, 4) is 0 Å². The molecule has 0 heterocycles. The quantitative estimate of drug-likeness (QED) is 0.324. The lowest BCUT2D eigenvalue weighted by Gasteiger charge is -2.24. The Labute approximate surface area is 139 Å². The molecule has 0 atom stereocenters. The highest BCUT2D eigenvalue weighted by Crippen LogP contribution is 2.32. The first-order valence-corrected chi connectivity index (χ1v) is 11.0. The van der Waals surface area contributed by atoms with Gasteiger partial charge in [-0.05, 0) is 44.8 Å². The minimum atomic E-state index is -2.44. The van der Waals surface area contributed by atoms with Gasteiger partial charge in [0.2, 0.25) is 0 Å². The number of carbonyl (C=O) groups is 1. The number of hydrogen-bond donors (Lipinski definition) is 0. The molecule has 0 unspecified atom stereocenters. The molecular formula is C15H30O5SSi. The third-order valence-corrected chi connectivity index (χ3v) is 8.08. The van der Waals surface area contributed by atoms with Gasteiger partial charge in [0.15, 0.2) is 0 Å². The van der Waals surface area contributed by atoms with Crippen LogP contribution >= 0.6 is 11.8 Å². The van der Waals surface area contributed by atoms with Crippen LogP contribution in [0.15, 0.2) is 0 Å². The highest BCUT2D eigenvalue weighted by Gasteiger charge is 2.36. The van der Waals surface area contributed by atoms with Crippen molar-refractivity contribution in [1.29, 1.82) is 0 Å². The van der Waals surface area contributed by atoms with E-state index in [-0.39, 0.29) is 11.6 Å². The monoisotopic (exact) mass is 350 g/mol. The van der Waals surface area contributed by atoms with Crippen molar-refractivity contribution in [2.45, 2.75) is 57.1 Å². The van der Waals surface area contributed by atoms with E-state index in [0.717, 1.165) is 36.8 Å². The van der Waals surface area contributed by atoms with E-state index >= 15 is 0 Å². The number of carbonyl (C=O) groups excluding carboxylic acids is 1. The molecule has 0 spiro atoms. The van der Waals surface area contributed by atoms with Crippen molar-refractivity contribution in [3.63, 3.8) is 0 Å². The Morgan fingerprint density at radius 2 is 1.68 bits per heavy atom. The largest absolute Gasteiger partial charge is 0.500 e. The van der Waals surface area contributed by atoms with Crippen LogP contribution in [-0.4, -0.2) is 53.2 Å². The average Bonchev–Trinajstić information content (AvgIpc) is 2.93. The van der Waals surface area contributed by atoms with Crippen LogP contribution in [0.2, 0.25) is 6.04 Å². The molecule has 0 aliphatic heterocycles. The molecule has 0 aromatic heterocycles. The average molecular weight is 351 g/mol. The first kappa shape index (κ1) is 20.0. The smallest absolute Gasteiger partial charge is 0.459 e. The Morgan fingerprint density at radius 3 is 2.23 bits per heavy atom. The molecular weight excluding hydrogens is 320 g/mol. The van der Waals surface area contributed by atoms with Gasteiger partial charge in [0.05, 0.1) is 6.42 Å². The zero-order valence-electron chi connectivity index (χ0n) is 14.3. The normalized spacial score (nSPS) is 17.6. The number of hydrogen-bond acceptors (Lipinski definition) is 6. The summed E-state index contributed by atoms with van der Waals surface area (Å²) in [5.74, 6) is 1.71. The second kappa shape index (κ2) is 9.92.